The fourth-order valence-electron chi connectivity index (χ4n) is 2.11. The summed E-state index contributed by atoms with van der Waals surface area (Å²) >= 11 is 6.19. The lowest BCUT2D eigenvalue weighted by atomic mass is 10.2. The van der Waals surface area contributed by atoms with Crippen molar-refractivity contribution in [3.63, 3.8) is 0 Å². The number of nitrogens with one attached hydrogen (secondary N) is 2. The van der Waals surface area contributed by atoms with Crippen molar-refractivity contribution in [3.05, 3.63) is 57.6 Å². The van der Waals surface area contributed by atoms with Crippen LogP contribution >= 0.6 is 23.9 Å². The second-order valence-electron chi connectivity index (χ2n) is 5.13. The summed E-state index contributed by atoms with van der Waals surface area (Å²) < 4.78 is 8.16. The van der Waals surface area contributed by atoms with E-state index in [-0.39, 0.29) is 10.8 Å². The maximum absolute atomic E-state index is 12.3. The summed E-state index contributed by atoms with van der Waals surface area (Å²) in [7, 11) is 0. The maximum Gasteiger partial charge on any atom is 0.271 e. The number of aryl methyl sites for hydroxylation is 1. The number of nitro groups is 1. The van der Waals surface area contributed by atoms with Crippen LogP contribution in [0.3, 0.4) is 0 Å². The minimum atomic E-state index is -0.497. The Hall–Kier alpha value is -2.98. The number of benzene rings is 2. The van der Waals surface area contributed by atoms with E-state index in [0.29, 0.717) is 16.8 Å². The van der Waals surface area contributed by atoms with E-state index in [2.05, 4.69) is 19.4 Å². The molecule has 25 heavy (non-hydrogen) atoms. The Morgan fingerprint density at radius 3 is 2.72 bits per heavy atom. The number of nitrogens with zero attached hydrogens (tertiary/aromatic N) is 3. The smallest absolute Gasteiger partial charge is 0.271 e. The molecular weight excluding hydrogens is 362 g/mol. The number of aromatic nitrogens is 2. The molecule has 2 N–H and O–H groups in total. The Morgan fingerprint density at radius 2 is 1.96 bits per heavy atom. The number of amides is 1. The Balaban J connectivity index is 1.72. The Bertz CT molecular complexity index is 1000. The lowest BCUT2D eigenvalue weighted by Crippen LogP contribution is -2.34. The third kappa shape index (κ3) is 3.75. The molecule has 126 valence electrons. The zero-order valence-corrected chi connectivity index (χ0v) is 14.5. The summed E-state index contributed by atoms with van der Waals surface area (Å²) in [5.74, 6) is -0.407. The topological polar surface area (TPSA) is 110 Å². The highest BCUT2D eigenvalue weighted by Crippen LogP contribution is 2.21. The summed E-state index contributed by atoms with van der Waals surface area (Å²) in [6.07, 6.45) is 0. The highest BCUT2D eigenvalue weighted by Gasteiger charge is 2.13. The monoisotopic (exact) mass is 373 g/mol. The summed E-state index contributed by atoms with van der Waals surface area (Å²) in [4.78, 5) is 22.6. The van der Waals surface area contributed by atoms with Crippen LogP contribution in [-0.2, 0) is 0 Å². The highest BCUT2D eigenvalue weighted by molar-refractivity contribution is 7.80. The van der Waals surface area contributed by atoms with E-state index < -0.39 is 10.8 Å². The lowest BCUT2D eigenvalue weighted by molar-refractivity contribution is -0.384. The van der Waals surface area contributed by atoms with E-state index in [1.807, 2.05) is 0 Å². The van der Waals surface area contributed by atoms with Gasteiger partial charge in [-0.25, -0.2) is 0 Å². The molecule has 0 saturated heterocycles. The molecule has 2 aromatic carbocycles. The Kier molecular flexibility index (Phi) is 4.63. The number of carbonyl (C=O) groups is 1. The second-order valence-corrected chi connectivity index (χ2v) is 6.07. The number of anilines is 1. The van der Waals surface area contributed by atoms with Crippen LogP contribution in [-0.4, -0.2) is 24.7 Å². The van der Waals surface area contributed by atoms with Crippen molar-refractivity contribution < 1.29 is 9.72 Å². The molecule has 1 amide bonds. The fourth-order valence-corrected chi connectivity index (χ4v) is 2.83. The predicted molar refractivity (Wildman–Crippen MR) is 98.9 cm³/mol. The van der Waals surface area contributed by atoms with Gasteiger partial charge in [-0.05, 0) is 42.9 Å². The van der Waals surface area contributed by atoms with Gasteiger partial charge in [0.15, 0.2) is 5.11 Å². The van der Waals surface area contributed by atoms with Gasteiger partial charge in [-0.1, -0.05) is 6.07 Å². The van der Waals surface area contributed by atoms with Crippen LogP contribution in [0.1, 0.15) is 15.9 Å². The second kappa shape index (κ2) is 6.87. The molecule has 0 aliphatic rings. The molecule has 1 heterocycles. The molecule has 0 atom stereocenters. The first-order valence-corrected chi connectivity index (χ1v) is 8.17. The standard InChI is InChI=1S/C15H11N5O3S2/c1-8-2-4-10(20(22)23)7-12(8)16-15(24)17-14(21)9-3-5-11-13(6-9)19-25-18-11/h2-7H,1H3,(H2,16,17,21,24). The quantitative estimate of drug-likeness (QED) is 0.412. The van der Waals surface area contributed by atoms with Crippen molar-refractivity contribution in [2.24, 2.45) is 0 Å². The van der Waals surface area contributed by atoms with Crippen molar-refractivity contribution in [1.82, 2.24) is 14.1 Å². The summed E-state index contributed by atoms with van der Waals surface area (Å²) in [6, 6.07) is 9.32. The van der Waals surface area contributed by atoms with Gasteiger partial charge in [-0.3, -0.25) is 20.2 Å². The molecule has 0 bridgehead atoms. The van der Waals surface area contributed by atoms with Crippen molar-refractivity contribution in [3.8, 4) is 0 Å². The fraction of sp³-hybridized carbons (Fsp3) is 0.0667. The molecule has 0 spiro atoms. The Labute approximate surface area is 151 Å². The zero-order valence-electron chi connectivity index (χ0n) is 12.8. The number of thiocarbonyl (C=S) groups is 1. The molecule has 0 radical (unpaired) electrons. The summed E-state index contributed by atoms with van der Waals surface area (Å²) in [5, 5.41) is 16.3. The zero-order chi connectivity index (χ0) is 18.0. The van der Waals surface area contributed by atoms with Crippen LogP contribution in [0.15, 0.2) is 36.4 Å². The molecule has 0 unspecified atom stereocenters. The largest absolute Gasteiger partial charge is 0.332 e. The summed E-state index contributed by atoms with van der Waals surface area (Å²) in [5.41, 5.74) is 2.89. The average Bonchev–Trinajstić information content (AvgIpc) is 3.04. The maximum atomic E-state index is 12.3. The number of hydrogen-bond acceptors (Lipinski definition) is 7. The van der Waals surface area contributed by atoms with Crippen LogP contribution in [0.2, 0.25) is 0 Å². The van der Waals surface area contributed by atoms with Gasteiger partial charge in [-0.2, -0.15) is 8.75 Å². The van der Waals surface area contributed by atoms with E-state index in [9.17, 15) is 14.9 Å². The van der Waals surface area contributed by atoms with E-state index in [1.54, 1.807) is 31.2 Å². The number of fused-ring (bicyclic) bond motifs is 1. The van der Waals surface area contributed by atoms with Crippen LogP contribution in [0.4, 0.5) is 11.4 Å². The molecule has 0 aliphatic heterocycles. The van der Waals surface area contributed by atoms with Gasteiger partial charge in [0.1, 0.15) is 11.0 Å². The van der Waals surface area contributed by atoms with Gasteiger partial charge in [0.05, 0.1) is 16.7 Å². The first-order chi connectivity index (χ1) is 11.9. The minimum Gasteiger partial charge on any atom is -0.332 e. The van der Waals surface area contributed by atoms with Gasteiger partial charge in [0.25, 0.3) is 11.6 Å². The molecular formula is C15H11N5O3S2. The van der Waals surface area contributed by atoms with E-state index in [0.717, 1.165) is 22.8 Å². The highest BCUT2D eigenvalue weighted by atomic mass is 32.1. The number of carbonyl (C=O) groups excluding carboxylic acids is 1. The lowest BCUT2D eigenvalue weighted by Gasteiger charge is -2.11. The van der Waals surface area contributed by atoms with Crippen LogP contribution in [0, 0.1) is 17.0 Å². The molecule has 0 saturated carbocycles. The van der Waals surface area contributed by atoms with Crippen LogP contribution in [0.5, 0.6) is 0 Å². The molecule has 0 fully saturated rings. The van der Waals surface area contributed by atoms with Crippen molar-refractivity contribution in [2.45, 2.75) is 6.92 Å². The number of nitro benzene ring substituents is 1. The average molecular weight is 373 g/mol. The third-order valence-electron chi connectivity index (χ3n) is 3.42. The van der Waals surface area contributed by atoms with Gasteiger partial charge in [0, 0.05) is 23.4 Å². The predicted octanol–water partition coefficient (Wildman–Crippen LogP) is 3.03. The van der Waals surface area contributed by atoms with Crippen molar-refractivity contribution in [2.75, 3.05) is 5.32 Å². The number of non-ortho nitro benzene ring substituents is 1. The van der Waals surface area contributed by atoms with Gasteiger partial charge >= 0.3 is 0 Å². The van der Waals surface area contributed by atoms with Gasteiger partial charge < -0.3 is 5.32 Å². The van der Waals surface area contributed by atoms with E-state index in [1.165, 1.54) is 12.1 Å². The van der Waals surface area contributed by atoms with Crippen LogP contribution in [0.25, 0.3) is 11.0 Å². The van der Waals surface area contributed by atoms with Gasteiger partial charge in [0.2, 0.25) is 0 Å². The molecule has 1 aromatic heterocycles. The first kappa shape index (κ1) is 16.9. The normalized spacial score (nSPS) is 10.4. The van der Waals surface area contributed by atoms with Crippen LogP contribution < -0.4 is 10.6 Å². The van der Waals surface area contributed by atoms with Crippen molar-refractivity contribution in [1.29, 1.82) is 0 Å². The van der Waals surface area contributed by atoms with Gasteiger partial charge in [-0.15, -0.1) is 0 Å². The SMILES string of the molecule is Cc1ccc([N+](=O)[O-])cc1NC(=S)NC(=O)c1ccc2nsnc2c1. The molecule has 3 aromatic rings. The minimum absolute atomic E-state index is 0.0464. The number of rotatable bonds is 3. The third-order valence-corrected chi connectivity index (χ3v) is 4.18. The molecule has 10 heteroatoms. The first-order valence-electron chi connectivity index (χ1n) is 7.04. The molecule has 0 aliphatic carbocycles. The van der Waals surface area contributed by atoms with E-state index >= 15 is 0 Å². The molecule has 8 nitrogen and oxygen atoms in total. The van der Waals surface area contributed by atoms with E-state index in [4.69, 9.17) is 12.2 Å². The van der Waals surface area contributed by atoms with Crippen molar-refractivity contribution >= 4 is 57.4 Å². The summed E-state index contributed by atoms with van der Waals surface area (Å²) in [6.45, 7) is 1.78. The Morgan fingerprint density at radius 1 is 1.20 bits per heavy atom. The number of hydrogen-bond donors (Lipinski definition) is 2. The molecule has 3 rings (SSSR count).